The number of hydrogen-bond donors (Lipinski definition) is 1. The molecule has 54 valence electrons. The summed E-state index contributed by atoms with van der Waals surface area (Å²) in [6, 6.07) is 2.92. The van der Waals surface area contributed by atoms with Crippen molar-refractivity contribution in [3.63, 3.8) is 0 Å². The summed E-state index contributed by atoms with van der Waals surface area (Å²) in [6.45, 7) is 0. The van der Waals surface area contributed by atoms with E-state index < -0.39 is 5.97 Å². The Hall–Kier alpha value is -0.0900. The van der Waals surface area contributed by atoms with E-state index >= 15 is 0 Å². The molecule has 0 aliphatic rings. The van der Waals surface area contributed by atoms with Crippen molar-refractivity contribution >= 4 is 47.1 Å². The van der Waals surface area contributed by atoms with Crippen LogP contribution in [0.15, 0.2) is 18.3 Å². The van der Waals surface area contributed by atoms with Crippen LogP contribution in [0.5, 0.6) is 0 Å². The van der Waals surface area contributed by atoms with Crippen LogP contribution < -0.4 is 0 Å². The number of aromatic carboxylic acids is 1. The average molecular weight is 182 g/mol. The molecule has 1 N–H and O–H groups in total. The molecule has 0 radical (unpaired) electrons. The van der Waals surface area contributed by atoms with E-state index in [0.717, 1.165) is 0 Å². The van der Waals surface area contributed by atoms with E-state index in [0.29, 0.717) is 0 Å². The summed E-state index contributed by atoms with van der Waals surface area (Å²) in [5.41, 5.74) is 0.0316. The standard InChI is InChI=1S/C6H4ClNO2.Na.H/c7-5-4(6(9)10)2-1-3-8-5;;/h1-3H,(H,9,10);;. The Bertz CT molecular complexity index is 267. The van der Waals surface area contributed by atoms with Gasteiger partial charge in [0.25, 0.3) is 0 Å². The van der Waals surface area contributed by atoms with E-state index in [2.05, 4.69) is 4.98 Å². The number of carboxylic acid groups (broad SMARTS) is 1. The number of rotatable bonds is 1. The molecule has 0 saturated heterocycles. The molecule has 0 aromatic carbocycles. The van der Waals surface area contributed by atoms with Gasteiger partial charge >= 0.3 is 35.5 Å². The van der Waals surface area contributed by atoms with Crippen molar-refractivity contribution in [2.24, 2.45) is 0 Å². The summed E-state index contributed by atoms with van der Waals surface area (Å²) in [5, 5.41) is 8.46. The third-order valence-corrected chi connectivity index (χ3v) is 1.29. The van der Waals surface area contributed by atoms with Crippen molar-refractivity contribution in [2.45, 2.75) is 0 Å². The van der Waals surface area contributed by atoms with E-state index in [-0.39, 0.29) is 40.3 Å². The Morgan fingerprint density at radius 2 is 2.27 bits per heavy atom. The zero-order valence-corrected chi connectivity index (χ0v) is 5.67. The molecule has 0 atom stereocenters. The fraction of sp³-hybridized carbons (Fsp3) is 0. The van der Waals surface area contributed by atoms with Crippen LogP contribution in [-0.2, 0) is 0 Å². The van der Waals surface area contributed by atoms with E-state index in [9.17, 15) is 4.79 Å². The number of aromatic nitrogens is 1. The second kappa shape index (κ2) is 4.72. The van der Waals surface area contributed by atoms with Crippen molar-refractivity contribution in [2.75, 3.05) is 0 Å². The van der Waals surface area contributed by atoms with E-state index in [1.807, 2.05) is 0 Å². The third-order valence-electron chi connectivity index (χ3n) is 0.989. The van der Waals surface area contributed by atoms with Gasteiger partial charge in [-0.1, -0.05) is 11.6 Å². The van der Waals surface area contributed by atoms with Crippen LogP contribution in [0.1, 0.15) is 10.4 Å². The quantitative estimate of drug-likeness (QED) is 0.515. The van der Waals surface area contributed by atoms with Gasteiger partial charge in [-0.3, -0.25) is 0 Å². The van der Waals surface area contributed by atoms with Crippen molar-refractivity contribution in [1.82, 2.24) is 4.98 Å². The minimum atomic E-state index is -1.06. The van der Waals surface area contributed by atoms with Crippen LogP contribution in [0.2, 0.25) is 5.15 Å². The zero-order chi connectivity index (χ0) is 7.56. The van der Waals surface area contributed by atoms with Gasteiger partial charge in [-0.2, -0.15) is 0 Å². The van der Waals surface area contributed by atoms with Crippen LogP contribution in [0.25, 0.3) is 0 Å². The number of halogens is 1. The first-order valence-electron chi connectivity index (χ1n) is 2.55. The summed E-state index contributed by atoms with van der Waals surface area (Å²) >= 11 is 5.43. The second-order valence-electron chi connectivity index (χ2n) is 1.65. The van der Waals surface area contributed by atoms with E-state index in [1.165, 1.54) is 18.3 Å². The molecule has 0 bridgehead atoms. The van der Waals surface area contributed by atoms with Crippen LogP contribution in [0.4, 0.5) is 0 Å². The van der Waals surface area contributed by atoms with Gasteiger partial charge < -0.3 is 5.11 Å². The molecule has 0 amide bonds. The molecule has 5 heteroatoms. The van der Waals surface area contributed by atoms with Gasteiger partial charge in [0.1, 0.15) is 5.15 Å². The molecular formula is C6H5ClNNaO2. The topological polar surface area (TPSA) is 50.2 Å². The van der Waals surface area contributed by atoms with Crippen LogP contribution in [-0.4, -0.2) is 45.6 Å². The first-order chi connectivity index (χ1) is 4.72. The van der Waals surface area contributed by atoms with Gasteiger partial charge in [0.2, 0.25) is 0 Å². The Balaban J connectivity index is 0.000001000. The van der Waals surface area contributed by atoms with E-state index in [4.69, 9.17) is 16.7 Å². The molecule has 1 aromatic rings. The first-order valence-corrected chi connectivity index (χ1v) is 2.93. The van der Waals surface area contributed by atoms with Crippen LogP contribution in [0, 0.1) is 0 Å². The number of hydrogen-bond acceptors (Lipinski definition) is 2. The normalized spacial score (nSPS) is 8.45. The molecule has 1 heterocycles. The summed E-state index contributed by atoms with van der Waals surface area (Å²) in [5.74, 6) is -1.06. The zero-order valence-electron chi connectivity index (χ0n) is 4.91. The molecule has 0 aliphatic heterocycles. The molecule has 0 saturated carbocycles. The molecule has 1 rings (SSSR count). The molecule has 3 nitrogen and oxygen atoms in total. The molecule has 11 heavy (non-hydrogen) atoms. The van der Waals surface area contributed by atoms with Crippen LogP contribution >= 0.6 is 11.6 Å². The Morgan fingerprint density at radius 1 is 1.64 bits per heavy atom. The van der Waals surface area contributed by atoms with Gasteiger partial charge in [0.05, 0.1) is 5.56 Å². The Labute approximate surface area is 90.7 Å². The van der Waals surface area contributed by atoms with Crippen molar-refractivity contribution in [1.29, 1.82) is 0 Å². The SMILES string of the molecule is O=C(O)c1cccnc1Cl.[NaH]. The number of nitrogens with zero attached hydrogens (tertiary/aromatic N) is 1. The fourth-order valence-corrected chi connectivity index (χ4v) is 0.746. The molecular weight excluding hydrogens is 177 g/mol. The predicted octanol–water partition coefficient (Wildman–Crippen LogP) is 0.785. The maximum atomic E-state index is 10.3. The van der Waals surface area contributed by atoms with Crippen molar-refractivity contribution < 1.29 is 9.90 Å². The molecule has 0 spiro atoms. The van der Waals surface area contributed by atoms with Crippen molar-refractivity contribution in [3.8, 4) is 0 Å². The van der Waals surface area contributed by atoms with Gasteiger partial charge in [0, 0.05) is 6.20 Å². The molecule has 1 aromatic heterocycles. The van der Waals surface area contributed by atoms with E-state index in [1.54, 1.807) is 0 Å². The predicted molar refractivity (Wildman–Crippen MR) is 43.4 cm³/mol. The minimum absolute atomic E-state index is 0. The Morgan fingerprint density at radius 3 is 2.64 bits per heavy atom. The molecule has 0 aliphatic carbocycles. The number of pyridine rings is 1. The first kappa shape index (κ1) is 10.9. The third kappa shape index (κ3) is 2.79. The van der Waals surface area contributed by atoms with Gasteiger partial charge in [-0.05, 0) is 12.1 Å². The van der Waals surface area contributed by atoms with Gasteiger partial charge in [-0.15, -0.1) is 0 Å². The Kier molecular flexibility index (Phi) is 4.68. The molecule has 0 unspecified atom stereocenters. The summed E-state index contributed by atoms with van der Waals surface area (Å²) < 4.78 is 0. The van der Waals surface area contributed by atoms with Crippen molar-refractivity contribution in [3.05, 3.63) is 29.0 Å². The number of carboxylic acids is 1. The second-order valence-corrected chi connectivity index (χ2v) is 2.00. The number of carbonyl (C=O) groups is 1. The van der Waals surface area contributed by atoms with Gasteiger partial charge in [-0.25, -0.2) is 9.78 Å². The summed E-state index contributed by atoms with van der Waals surface area (Å²) in [7, 11) is 0. The maximum absolute atomic E-state index is 10.3. The average Bonchev–Trinajstić information content (AvgIpc) is 1.88. The summed E-state index contributed by atoms with van der Waals surface area (Å²) in [4.78, 5) is 13.9. The summed E-state index contributed by atoms with van der Waals surface area (Å²) in [6.07, 6.45) is 1.44. The monoisotopic (exact) mass is 181 g/mol. The van der Waals surface area contributed by atoms with Crippen LogP contribution in [0.3, 0.4) is 0 Å². The fourth-order valence-electron chi connectivity index (χ4n) is 0.546. The molecule has 0 fully saturated rings. The van der Waals surface area contributed by atoms with Gasteiger partial charge in [0.15, 0.2) is 0 Å².